The van der Waals surface area contributed by atoms with Gasteiger partial charge in [-0.1, -0.05) is 17.7 Å². The predicted molar refractivity (Wildman–Crippen MR) is 80.6 cm³/mol. The van der Waals surface area contributed by atoms with Crippen molar-refractivity contribution in [2.75, 3.05) is 25.6 Å². The van der Waals surface area contributed by atoms with Crippen LogP contribution in [-0.4, -0.2) is 32.3 Å². The van der Waals surface area contributed by atoms with Gasteiger partial charge in [0.2, 0.25) is 0 Å². The van der Waals surface area contributed by atoms with Gasteiger partial charge < -0.3 is 15.4 Å². The van der Waals surface area contributed by atoms with Crippen molar-refractivity contribution in [1.82, 2.24) is 0 Å². The molecule has 2 rings (SSSR count). The van der Waals surface area contributed by atoms with Crippen LogP contribution in [-0.2, 0) is 4.74 Å². The van der Waals surface area contributed by atoms with Crippen LogP contribution in [0.15, 0.2) is 24.3 Å². The summed E-state index contributed by atoms with van der Waals surface area (Å²) < 4.78 is 5.57. The van der Waals surface area contributed by atoms with Crippen molar-refractivity contribution >= 4 is 5.69 Å². The Hall–Kier alpha value is -1.06. The molecule has 0 spiro atoms. The molecule has 1 fully saturated rings. The van der Waals surface area contributed by atoms with Crippen LogP contribution in [0.5, 0.6) is 0 Å². The quantitative estimate of drug-likeness (QED) is 0.906. The molecule has 0 heterocycles. The molecule has 2 N–H and O–H groups in total. The summed E-state index contributed by atoms with van der Waals surface area (Å²) in [5.74, 6) is 0. The summed E-state index contributed by atoms with van der Waals surface area (Å²) in [6.07, 6.45) is 4.84. The molecule has 19 heavy (non-hydrogen) atoms. The predicted octanol–water partition coefficient (Wildman–Crippen LogP) is 2.72. The smallest absolute Gasteiger partial charge is 0.0594 e. The number of hydrogen-bond donors (Lipinski definition) is 1. The average molecular weight is 262 g/mol. The minimum absolute atomic E-state index is 0.0359. The van der Waals surface area contributed by atoms with Gasteiger partial charge in [-0.25, -0.2) is 0 Å². The van der Waals surface area contributed by atoms with E-state index in [0.29, 0.717) is 12.6 Å². The Balaban J connectivity index is 2.22. The first kappa shape index (κ1) is 14.4. The maximum Gasteiger partial charge on any atom is 0.0594 e. The minimum atomic E-state index is 0.0359. The van der Waals surface area contributed by atoms with Gasteiger partial charge in [0.15, 0.2) is 0 Å². The number of aryl methyl sites for hydroxylation is 1. The first-order valence-corrected chi connectivity index (χ1v) is 7.15. The maximum absolute atomic E-state index is 6.13. The number of nitrogens with zero attached hydrogens (tertiary/aromatic N) is 1. The van der Waals surface area contributed by atoms with Crippen LogP contribution < -0.4 is 10.6 Å². The van der Waals surface area contributed by atoms with Crippen LogP contribution in [0.3, 0.4) is 0 Å². The fraction of sp³-hybridized carbons (Fsp3) is 0.625. The molecule has 0 radical (unpaired) electrons. The second-order valence-corrected chi connectivity index (χ2v) is 5.78. The standard InChI is InChI=1S/C16H26N2O/c1-13-6-8-14(9-7-13)18(2)16(12-17)10-4-5-15(11-16)19-3/h6-9,15H,4-5,10-12,17H2,1-3H3. The molecule has 1 aliphatic rings. The van der Waals surface area contributed by atoms with E-state index in [9.17, 15) is 0 Å². The van der Waals surface area contributed by atoms with E-state index in [1.54, 1.807) is 0 Å². The molecule has 3 nitrogen and oxygen atoms in total. The molecular formula is C16H26N2O. The zero-order chi connectivity index (χ0) is 13.9. The van der Waals surface area contributed by atoms with Crippen LogP contribution in [0.25, 0.3) is 0 Å². The summed E-state index contributed by atoms with van der Waals surface area (Å²) in [6.45, 7) is 2.79. The Morgan fingerprint density at radius 3 is 2.63 bits per heavy atom. The third-order valence-corrected chi connectivity index (χ3v) is 4.62. The Kier molecular flexibility index (Phi) is 4.48. The highest BCUT2D eigenvalue weighted by Crippen LogP contribution is 2.36. The third-order valence-electron chi connectivity index (χ3n) is 4.62. The summed E-state index contributed by atoms with van der Waals surface area (Å²) in [7, 11) is 3.97. The molecule has 0 bridgehead atoms. The van der Waals surface area contributed by atoms with Crippen molar-refractivity contribution in [3.05, 3.63) is 29.8 Å². The number of likely N-dealkylation sites (N-methyl/N-ethyl adjacent to an activating group) is 1. The fourth-order valence-corrected chi connectivity index (χ4v) is 3.16. The zero-order valence-electron chi connectivity index (χ0n) is 12.4. The van der Waals surface area contributed by atoms with Crippen LogP contribution in [0.2, 0.25) is 0 Å². The molecule has 2 unspecified atom stereocenters. The first-order valence-electron chi connectivity index (χ1n) is 7.15. The van der Waals surface area contributed by atoms with Crippen LogP contribution in [0, 0.1) is 6.92 Å². The zero-order valence-corrected chi connectivity index (χ0v) is 12.4. The van der Waals surface area contributed by atoms with E-state index in [4.69, 9.17) is 10.5 Å². The van der Waals surface area contributed by atoms with E-state index in [-0.39, 0.29) is 5.54 Å². The first-order chi connectivity index (χ1) is 9.11. The van der Waals surface area contributed by atoms with Gasteiger partial charge in [0.1, 0.15) is 0 Å². The van der Waals surface area contributed by atoms with Gasteiger partial charge in [0.25, 0.3) is 0 Å². The number of hydrogen-bond acceptors (Lipinski definition) is 3. The maximum atomic E-state index is 6.13. The van der Waals surface area contributed by atoms with Gasteiger partial charge in [-0.15, -0.1) is 0 Å². The lowest BCUT2D eigenvalue weighted by atomic mass is 9.78. The minimum Gasteiger partial charge on any atom is -0.381 e. The van der Waals surface area contributed by atoms with Crippen molar-refractivity contribution < 1.29 is 4.74 Å². The van der Waals surface area contributed by atoms with Crippen LogP contribution >= 0.6 is 0 Å². The summed E-state index contributed by atoms with van der Waals surface area (Å²) in [4.78, 5) is 2.36. The van der Waals surface area contributed by atoms with Gasteiger partial charge in [0, 0.05) is 26.4 Å². The molecule has 2 atom stereocenters. The van der Waals surface area contributed by atoms with Crippen molar-refractivity contribution in [3.63, 3.8) is 0 Å². The van der Waals surface area contributed by atoms with Gasteiger partial charge in [0.05, 0.1) is 11.6 Å². The van der Waals surface area contributed by atoms with Crippen molar-refractivity contribution in [3.8, 4) is 0 Å². The van der Waals surface area contributed by atoms with E-state index >= 15 is 0 Å². The van der Waals surface area contributed by atoms with Crippen LogP contribution in [0.4, 0.5) is 5.69 Å². The number of rotatable bonds is 4. The average Bonchev–Trinajstić information content (AvgIpc) is 2.47. The lowest BCUT2D eigenvalue weighted by molar-refractivity contribution is 0.0423. The summed E-state index contributed by atoms with van der Waals surface area (Å²) in [5, 5.41) is 0. The van der Waals surface area contributed by atoms with E-state index in [1.165, 1.54) is 17.7 Å². The van der Waals surface area contributed by atoms with Crippen molar-refractivity contribution in [1.29, 1.82) is 0 Å². The number of anilines is 1. The molecule has 1 saturated carbocycles. The normalized spacial score (nSPS) is 27.3. The van der Waals surface area contributed by atoms with Gasteiger partial charge in [-0.05, 0) is 44.7 Å². The number of benzene rings is 1. The Bertz CT molecular complexity index is 404. The molecule has 1 aromatic carbocycles. The Morgan fingerprint density at radius 1 is 1.37 bits per heavy atom. The molecule has 1 aromatic rings. The third kappa shape index (κ3) is 2.93. The Morgan fingerprint density at radius 2 is 2.05 bits per heavy atom. The second-order valence-electron chi connectivity index (χ2n) is 5.78. The van der Waals surface area contributed by atoms with E-state index in [0.717, 1.165) is 19.3 Å². The van der Waals surface area contributed by atoms with E-state index in [2.05, 4.69) is 43.1 Å². The molecule has 1 aliphatic carbocycles. The number of ether oxygens (including phenoxy) is 1. The highest BCUT2D eigenvalue weighted by Gasteiger charge is 2.39. The fourth-order valence-electron chi connectivity index (χ4n) is 3.16. The highest BCUT2D eigenvalue weighted by atomic mass is 16.5. The van der Waals surface area contributed by atoms with E-state index < -0.39 is 0 Å². The lowest BCUT2D eigenvalue weighted by Gasteiger charge is -2.47. The lowest BCUT2D eigenvalue weighted by Crippen LogP contribution is -2.56. The van der Waals surface area contributed by atoms with Crippen molar-refractivity contribution in [2.45, 2.75) is 44.2 Å². The molecular weight excluding hydrogens is 236 g/mol. The summed E-state index contributed by atoms with van der Waals surface area (Å²) >= 11 is 0. The number of methoxy groups -OCH3 is 1. The monoisotopic (exact) mass is 262 g/mol. The molecule has 0 aliphatic heterocycles. The molecule has 3 heteroatoms. The molecule has 0 amide bonds. The summed E-state index contributed by atoms with van der Waals surface area (Å²) in [6, 6.07) is 8.69. The van der Waals surface area contributed by atoms with Gasteiger partial charge >= 0.3 is 0 Å². The Labute approximate surface area is 116 Å². The van der Waals surface area contributed by atoms with Crippen molar-refractivity contribution in [2.24, 2.45) is 5.73 Å². The molecule has 106 valence electrons. The number of nitrogens with two attached hydrogens (primary N) is 1. The molecule has 0 saturated heterocycles. The highest BCUT2D eigenvalue weighted by molar-refractivity contribution is 5.49. The molecule has 0 aromatic heterocycles. The van der Waals surface area contributed by atoms with E-state index in [1.807, 2.05) is 7.11 Å². The summed E-state index contributed by atoms with van der Waals surface area (Å²) in [5.41, 5.74) is 8.69. The topological polar surface area (TPSA) is 38.5 Å². The largest absolute Gasteiger partial charge is 0.381 e. The van der Waals surface area contributed by atoms with Crippen LogP contribution in [0.1, 0.15) is 31.2 Å². The SMILES string of the molecule is COC1CCCC(CN)(N(C)c2ccc(C)cc2)C1. The second kappa shape index (κ2) is 5.93. The van der Waals surface area contributed by atoms with Gasteiger partial charge in [-0.2, -0.15) is 0 Å². The van der Waals surface area contributed by atoms with Gasteiger partial charge in [-0.3, -0.25) is 0 Å².